The first kappa shape index (κ1) is 82.7. The molecule has 28 nitrogen and oxygen atoms in total. The van der Waals surface area contributed by atoms with Gasteiger partial charge < -0.3 is 52.0 Å². The fraction of sp³-hybridized carbons (Fsp3) is 0.333. The molecule has 0 aliphatic carbocycles. The van der Waals surface area contributed by atoms with Gasteiger partial charge in [-0.2, -0.15) is 21.8 Å². The third-order valence-electron chi connectivity index (χ3n) is 14.8. The molecule has 0 radical (unpaired) electrons. The van der Waals surface area contributed by atoms with Crippen molar-refractivity contribution in [2.45, 2.75) is 42.3 Å². The Morgan fingerprint density at radius 3 is 1.13 bits per heavy atom. The number of amides is 5. The average molecular weight is 1580 g/mol. The largest absolute Gasteiger partial charge is 0.490 e. The lowest BCUT2D eigenvalue weighted by molar-refractivity contribution is -0.192. The molecule has 8 N–H and O–H groups in total. The summed E-state index contributed by atoms with van der Waals surface area (Å²) in [6.45, 7) is 8.40. The minimum absolute atomic E-state index is 0.0107. The molecule has 39 heteroatoms. The van der Waals surface area contributed by atoms with Crippen LogP contribution < -0.4 is 50.7 Å². The highest BCUT2D eigenvalue weighted by atomic mass is 35.5. The number of hydrogen-bond donors (Lipinski definition) is 7. The summed E-state index contributed by atoms with van der Waals surface area (Å²) in [4.78, 5) is 77.1. The molecule has 0 saturated carbocycles. The summed E-state index contributed by atoms with van der Waals surface area (Å²) in [6.07, 6.45) is -3.77. The third-order valence-corrected chi connectivity index (χ3v) is 21.9. The summed E-state index contributed by atoms with van der Waals surface area (Å²) >= 11 is 24.5. The Bertz CT molecular complexity index is 4510. The van der Waals surface area contributed by atoms with Gasteiger partial charge in [-0.25, -0.2) is 43.3 Å². The van der Waals surface area contributed by atoms with Gasteiger partial charge in [0.15, 0.2) is 0 Å². The van der Waals surface area contributed by atoms with Crippen molar-refractivity contribution < 1.29 is 85.5 Å². The number of halogens is 7. The summed E-state index contributed by atoms with van der Waals surface area (Å²) < 4.78 is 144. The molecular weight excluding hydrogens is 1510 g/mol. The van der Waals surface area contributed by atoms with E-state index in [4.69, 9.17) is 66.8 Å². The van der Waals surface area contributed by atoms with E-state index in [2.05, 4.69) is 26.6 Å². The fourth-order valence-corrected chi connectivity index (χ4v) is 14.5. The lowest BCUT2D eigenvalue weighted by Crippen LogP contribution is -2.48. The van der Waals surface area contributed by atoms with E-state index in [1.807, 2.05) is 9.80 Å². The Balaban J connectivity index is 0.000000295. The van der Waals surface area contributed by atoms with Gasteiger partial charge >= 0.3 is 18.2 Å². The number of ether oxygens (including phenoxy) is 1. The summed E-state index contributed by atoms with van der Waals surface area (Å²) in [7, 11) is -12.7. The van der Waals surface area contributed by atoms with Gasteiger partial charge in [0.25, 0.3) is 23.6 Å². The maximum absolute atomic E-state index is 13.5. The molecule has 2 aliphatic rings. The van der Waals surface area contributed by atoms with Crippen LogP contribution in [0.25, 0.3) is 0 Å². The second-order valence-electron chi connectivity index (χ2n) is 23.5. The van der Waals surface area contributed by atoms with Gasteiger partial charge in [0.05, 0.1) is 44.8 Å². The molecule has 2 saturated heterocycles. The molecule has 0 atom stereocenters. The maximum atomic E-state index is 13.5. The number of sulfonamides is 4. The number of carbonyl (C=O) groups excluding carboxylic acids is 5. The first-order valence-corrected chi connectivity index (χ1v) is 38.4. The van der Waals surface area contributed by atoms with E-state index in [1.165, 1.54) is 108 Å². The number of carboxylic acids is 1. The Morgan fingerprint density at radius 2 is 0.824 bits per heavy atom. The number of hydrogen-bond acceptors (Lipinski definition) is 18. The van der Waals surface area contributed by atoms with Crippen molar-refractivity contribution in [3.05, 3.63) is 164 Å². The number of alkyl halides is 3. The van der Waals surface area contributed by atoms with Crippen molar-refractivity contribution in [2.75, 3.05) is 134 Å². The second kappa shape index (κ2) is 34.8. The molecule has 8 rings (SSSR count). The van der Waals surface area contributed by atoms with E-state index in [1.54, 1.807) is 57.2 Å². The summed E-state index contributed by atoms with van der Waals surface area (Å²) in [5.74, 6) is -5.25. The van der Waals surface area contributed by atoms with E-state index >= 15 is 0 Å². The zero-order valence-electron chi connectivity index (χ0n) is 55.6. The highest BCUT2D eigenvalue weighted by Crippen LogP contribution is 2.32. The highest BCUT2D eigenvalue weighted by molar-refractivity contribution is 7.92. The van der Waals surface area contributed by atoms with E-state index in [0.29, 0.717) is 46.3 Å². The zero-order valence-corrected chi connectivity index (χ0v) is 61.9. The van der Waals surface area contributed by atoms with Crippen LogP contribution in [0.3, 0.4) is 0 Å². The quantitative estimate of drug-likeness (QED) is 0.0337. The predicted molar refractivity (Wildman–Crippen MR) is 385 cm³/mol. The van der Waals surface area contributed by atoms with Gasteiger partial charge in [-0.1, -0.05) is 46.4 Å². The average Bonchev–Trinajstić information content (AvgIpc) is 0.821. The van der Waals surface area contributed by atoms with Crippen LogP contribution in [0.2, 0.25) is 20.1 Å². The summed E-state index contributed by atoms with van der Waals surface area (Å²) in [6, 6.07) is 29.6. The third kappa shape index (κ3) is 23.4. The number of nitrogens with one attached hydrogen (secondary N) is 5. The van der Waals surface area contributed by atoms with Crippen LogP contribution in [0.1, 0.15) is 62.2 Å². The van der Waals surface area contributed by atoms with E-state index in [-0.39, 0.29) is 107 Å². The van der Waals surface area contributed by atoms with Crippen molar-refractivity contribution in [1.29, 1.82) is 0 Å². The van der Waals surface area contributed by atoms with Crippen molar-refractivity contribution in [3.8, 4) is 0 Å². The molecule has 2 heterocycles. The van der Waals surface area contributed by atoms with Gasteiger partial charge in [-0.05, 0) is 142 Å². The minimum atomic E-state index is -5.08. The van der Waals surface area contributed by atoms with Gasteiger partial charge in [-0.15, -0.1) is 0 Å². The topological polar surface area (TPSA) is 374 Å². The van der Waals surface area contributed by atoms with Crippen LogP contribution in [-0.2, 0) is 49.6 Å². The van der Waals surface area contributed by atoms with Crippen LogP contribution in [0.15, 0.2) is 131 Å². The molecule has 5 amide bonds. The maximum Gasteiger partial charge on any atom is 0.490 e. The number of nitrogens with two attached hydrogens (primary N) is 1. The first-order valence-electron chi connectivity index (χ1n) is 30.3. The molecule has 0 aromatic heterocycles. The number of carbonyl (C=O) groups is 6. The summed E-state index contributed by atoms with van der Waals surface area (Å²) in [5, 5.41) is 22.1. The number of alkyl carbamates (subject to hydrolysis) is 1. The molecule has 6 aromatic carbocycles. The van der Waals surface area contributed by atoms with Crippen molar-refractivity contribution in [3.63, 3.8) is 0 Å². The van der Waals surface area contributed by atoms with Gasteiger partial charge in [0.1, 0.15) is 5.60 Å². The molecule has 0 spiro atoms. The normalized spacial score (nSPS) is 14.0. The number of rotatable bonds is 21. The van der Waals surface area contributed by atoms with Gasteiger partial charge in [0.2, 0.25) is 40.1 Å². The number of carboxylic acid groups (broad SMARTS) is 1. The monoisotopic (exact) mass is 1580 g/mol. The molecule has 2 fully saturated rings. The molecule has 6 aromatic rings. The van der Waals surface area contributed by atoms with Crippen LogP contribution in [-0.4, -0.2) is 200 Å². The minimum Gasteiger partial charge on any atom is -0.475 e. The van der Waals surface area contributed by atoms with E-state index < -0.39 is 87.6 Å². The fourth-order valence-electron chi connectivity index (χ4n) is 9.60. The lowest BCUT2D eigenvalue weighted by Gasteiger charge is -2.35. The Morgan fingerprint density at radius 1 is 0.500 bits per heavy atom. The van der Waals surface area contributed by atoms with E-state index in [0.717, 1.165) is 32.5 Å². The predicted octanol–water partition coefficient (Wildman–Crippen LogP) is 7.88. The van der Waals surface area contributed by atoms with Crippen LogP contribution in [0.4, 0.5) is 52.1 Å². The lowest BCUT2D eigenvalue weighted by atomic mass is 10.1. The van der Waals surface area contributed by atoms with Crippen LogP contribution in [0, 0.1) is 0 Å². The second-order valence-corrected chi connectivity index (χ2v) is 33.1. The van der Waals surface area contributed by atoms with Gasteiger partial charge in [-0.3, -0.25) is 27.8 Å². The molecule has 554 valence electrons. The number of benzene rings is 6. The van der Waals surface area contributed by atoms with E-state index in [9.17, 15) is 70.8 Å². The van der Waals surface area contributed by atoms with Gasteiger partial charge in [0, 0.05) is 147 Å². The molecule has 0 unspecified atom stereocenters. The molecule has 0 bridgehead atoms. The van der Waals surface area contributed by atoms with Crippen LogP contribution in [0.5, 0.6) is 0 Å². The SMILES string of the molecule is CN(c1ccc(C(=O)NCCN)cc1C(=O)Nc1ccc(S(=O)(=O)N2CCN(c3cc(Cl)cc(Cl)c3)CC2)cc1)S(C)(=O)=O.CN(c1ccc(C(=O)NCCNC(=O)OC(C)(C)C)cc1C(=O)Nc1ccc(S(=O)(=O)N2CCN(c3cc(Cl)cc(Cl)c3)CC2)cc1)S(C)(=O)=O.O=C(O)C(F)(F)F. The zero-order chi connectivity index (χ0) is 76.0. The van der Waals surface area contributed by atoms with Crippen LogP contribution >= 0.6 is 46.4 Å². The Labute approximate surface area is 608 Å². The molecule has 2 aliphatic heterocycles. The highest BCUT2D eigenvalue weighted by Gasteiger charge is 2.38. The van der Waals surface area contributed by atoms with Crippen molar-refractivity contribution in [1.82, 2.24) is 24.6 Å². The molecule has 102 heavy (non-hydrogen) atoms. The standard InChI is InChI=1S/C33H40Cl2N6O8S2.C28H32Cl2N6O6S2.C2HF3O2/c1-33(2,3)49-32(44)37-13-12-36-30(42)22-6-11-29(39(4)50(5,45)46)28(18-22)31(43)38-25-7-9-27(10-8-25)51(47,48)41-16-14-40(15-17-41)26-20-23(34)19-24(35)21-26;1-34(43(2,39)40)26-8-3-19(27(37)32-10-9-31)15-25(26)28(38)33-22-4-6-24(7-5-22)44(41,42)36-13-11-35(12-14-36)23-17-20(29)16-21(30)18-23;3-2(4,5)1(6)7/h6-11,18-21H,12-17H2,1-5H3,(H,36,42)(H,37,44)(H,38,43);3-8,15-18H,9-14,31H2,1-2H3,(H,32,37)(H,33,38);(H,6,7). The Kier molecular flexibility index (Phi) is 28.2. The first-order chi connectivity index (χ1) is 47.4. The number of piperazine rings is 2. The van der Waals surface area contributed by atoms with Crippen molar-refractivity contribution in [2.24, 2.45) is 5.73 Å². The van der Waals surface area contributed by atoms with Crippen molar-refractivity contribution >= 4 is 156 Å². The summed E-state index contributed by atoms with van der Waals surface area (Å²) in [5.41, 5.74) is 6.93. The molecular formula is C63H73Cl4F3N12O16S4. The number of anilines is 6. The Hall–Kier alpha value is -8.23. The smallest absolute Gasteiger partial charge is 0.475 e. The number of nitrogens with zero attached hydrogens (tertiary/aromatic N) is 6. The number of aliphatic carboxylic acids is 1.